The van der Waals surface area contributed by atoms with Crippen LogP contribution in [0, 0.1) is 0 Å². The summed E-state index contributed by atoms with van der Waals surface area (Å²) in [6.45, 7) is 2.58. The molecule has 0 aromatic heterocycles. The Labute approximate surface area is 163 Å². The minimum atomic E-state index is -0.593. The quantitative estimate of drug-likeness (QED) is 0.834. The number of benzene rings is 2. The van der Waals surface area contributed by atoms with Crippen molar-refractivity contribution < 1.29 is 19.1 Å². The van der Waals surface area contributed by atoms with Gasteiger partial charge in [-0.1, -0.05) is 30.3 Å². The number of fused-ring (bicyclic) bond motifs is 2. The number of nitrogens with zero attached hydrogens (tertiary/aromatic N) is 1. The summed E-state index contributed by atoms with van der Waals surface area (Å²) in [5.74, 6) is -0.338. The van der Waals surface area contributed by atoms with Gasteiger partial charge in [0.2, 0.25) is 11.8 Å². The first-order valence-electron chi connectivity index (χ1n) is 9.44. The summed E-state index contributed by atoms with van der Waals surface area (Å²) < 4.78 is 5.74. The molecule has 0 radical (unpaired) electrons. The van der Waals surface area contributed by atoms with Crippen LogP contribution in [0.15, 0.2) is 48.5 Å². The van der Waals surface area contributed by atoms with Crippen molar-refractivity contribution >= 4 is 23.5 Å². The normalized spacial score (nSPS) is 17.2. The molecule has 2 aromatic carbocycles. The standard InChI is InChI=1S/C22H22N2O4/c1-15(25)23-17-8-6-16(7-9-17)14-20(26)24-12-10-22(11-13-24)19-5-3-2-4-18(19)21(27)28-22/h2-9H,10-14H2,1H3,(H,23,25). The summed E-state index contributed by atoms with van der Waals surface area (Å²) in [5.41, 5.74) is 2.61. The molecule has 28 heavy (non-hydrogen) atoms. The number of carbonyl (C=O) groups is 3. The minimum Gasteiger partial charge on any atom is -0.450 e. The van der Waals surface area contributed by atoms with E-state index in [1.54, 1.807) is 18.2 Å². The third-order valence-corrected chi connectivity index (χ3v) is 5.48. The van der Waals surface area contributed by atoms with Crippen LogP contribution in [0.3, 0.4) is 0 Å². The van der Waals surface area contributed by atoms with E-state index in [0.29, 0.717) is 43.6 Å². The van der Waals surface area contributed by atoms with E-state index in [4.69, 9.17) is 4.74 Å². The second-order valence-electron chi connectivity index (χ2n) is 7.37. The summed E-state index contributed by atoms with van der Waals surface area (Å²) in [6, 6.07) is 14.8. The molecule has 2 heterocycles. The lowest BCUT2D eigenvalue weighted by Crippen LogP contribution is -2.45. The second kappa shape index (κ2) is 7.11. The Morgan fingerprint density at radius 3 is 2.43 bits per heavy atom. The number of carbonyl (C=O) groups excluding carboxylic acids is 3. The van der Waals surface area contributed by atoms with Gasteiger partial charge in [-0.25, -0.2) is 4.79 Å². The fraction of sp³-hybridized carbons (Fsp3) is 0.318. The van der Waals surface area contributed by atoms with Gasteiger partial charge in [-0.2, -0.15) is 0 Å². The molecule has 6 heteroatoms. The van der Waals surface area contributed by atoms with Crippen molar-refractivity contribution in [1.82, 2.24) is 4.90 Å². The summed E-state index contributed by atoms with van der Waals surface area (Å²) in [4.78, 5) is 37.8. The Hall–Kier alpha value is -3.15. The lowest BCUT2D eigenvalue weighted by atomic mass is 9.83. The van der Waals surface area contributed by atoms with Gasteiger partial charge in [0, 0.05) is 44.1 Å². The first-order valence-corrected chi connectivity index (χ1v) is 9.44. The summed E-state index contributed by atoms with van der Waals surface area (Å²) in [7, 11) is 0. The molecule has 6 nitrogen and oxygen atoms in total. The lowest BCUT2D eigenvalue weighted by molar-refractivity contribution is -0.134. The molecule has 144 valence electrons. The maximum atomic E-state index is 12.7. The van der Waals surface area contributed by atoms with Crippen LogP contribution in [-0.2, 0) is 26.3 Å². The number of likely N-dealkylation sites (tertiary alicyclic amines) is 1. The fourth-order valence-corrected chi connectivity index (χ4v) is 4.03. The Morgan fingerprint density at radius 1 is 1.07 bits per heavy atom. The Kier molecular flexibility index (Phi) is 4.63. The maximum Gasteiger partial charge on any atom is 0.339 e. The fourth-order valence-electron chi connectivity index (χ4n) is 4.03. The molecule has 0 atom stereocenters. The zero-order valence-electron chi connectivity index (χ0n) is 15.7. The molecule has 0 unspecified atom stereocenters. The summed E-state index contributed by atoms with van der Waals surface area (Å²) >= 11 is 0. The molecule has 2 aromatic rings. The molecule has 0 aliphatic carbocycles. The number of hydrogen-bond acceptors (Lipinski definition) is 4. The predicted molar refractivity (Wildman–Crippen MR) is 104 cm³/mol. The first-order chi connectivity index (χ1) is 13.5. The predicted octanol–water partition coefficient (Wildman–Crippen LogP) is 2.88. The molecular formula is C22H22N2O4. The number of amides is 2. The van der Waals surface area contributed by atoms with Crippen LogP contribution in [0.2, 0.25) is 0 Å². The maximum absolute atomic E-state index is 12.7. The largest absolute Gasteiger partial charge is 0.450 e. The molecule has 0 bridgehead atoms. The van der Waals surface area contributed by atoms with Gasteiger partial charge < -0.3 is 15.0 Å². The van der Waals surface area contributed by atoms with Gasteiger partial charge in [0.15, 0.2) is 0 Å². The Bertz CT molecular complexity index is 928. The van der Waals surface area contributed by atoms with Gasteiger partial charge in [0.05, 0.1) is 12.0 Å². The molecular weight excluding hydrogens is 356 g/mol. The van der Waals surface area contributed by atoms with Crippen molar-refractivity contribution in [3.8, 4) is 0 Å². The minimum absolute atomic E-state index is 0.0553. The van der Waals surface area contributed by atoms with Gasteiger partial charge in [-0.15, -0.1) is 0 Å². The van der Waals surface area contributed by atoms with Gasteiger partial charge in [-0.3, -0.25) is 9.59 Å². The van der Waals surface area contributed by atoms with Crippen LogP contribution in [0.1, 0.15) is 41.3 Å². The molecule has 2 aliphatic heterocycles. The van der Waals surface area contributed by atoms with Crippen LogP contribution in [0.4, 0.5) is 5.69 Å². The highest BCUT2D eigenvalue weighted by atomic mass is 16.6. The molecule has 4 rings (SSSR count). The third kappa shape index (κ3) is 3.38. The third-order valence-electron chi connectivity index (χ3n) is 5.48. The average Bonchev–Trinajstić information content (AvgIpc) is 2.95. The van der Waals surface area contributed by atoms with E-state index in [0.717, 1.165) is 11.1 Å². The van der Waals surface area contributed by atoms with Gasteiger partial charge in [-0.05, 0) is 23.8 Å². The van der Waals surface area contributed by atoms with Gasteiger partial charge >= 0.3 is 5.97 Å². The van der Waals surface area contributed by atoms with E-state index < -0.39 is 5.60 Å². The topological polar surface area (TPSA) is 75.7 Å². The second-order valence-corrected chi connectivity index (χ2v) is 7.37. The molecule has 1 spiro atoms. The van der Waals surface area contributed by atoms with E-state index in [1.165, 1.54) is 6.92 Å². The van der Waals surface area contributed by atoms with Crippen molar-refractivity contribution in [2.75, 3.05) is 18.4 Å². The highest BCUT2D eigenvalue weighted by Gasteiger charge is 2.47. The summed E-state index contributed by atoms with van der Waals surface area (Å²) in [5, 5.41) is 2.71. The number of hydrogen-bond donors (Lipinski definition) is 1. The highest BCUT2D eigenvalue weighted by Crippen LogP contribution is 2.43. The van der Waals surface area contributed by atoms with Crippen LogP contribution in [0.25, 0.3) is 0 Å². The molecule has 1 saturated heterocycles. The number of piperidine rings is 1. The van der Waals surface area contributed by atoms with Crippen LogP contribution < -0.4 is 5.32 Å². The summed E-state index contributed by atoms with van der Waals surface area (Å²) in [6.07, 6.45) is 1.54. The molecule has 2 aliphatic rings. The number of anilines is 1. The van der Waals surface area contributed by atoms with Crippen LogP contribution in [-0.4, -0.2) is 35.8 Å². The van der Waals surface area contributed by atoms with E-state index in [-0.39, 0.29) is 17.8 Å². The lowest BCUT2D eigenvalue weighted by Gasteiger charge is -2.38. The number of esters is 1. The van der Waals surface area contributed by atoms with Crippen molar-refractivity contribution in [3.05, 3.63) is 65.2 Å². The molecule has 0 saturated carbocycles. The zero-order chi connectivity index (χ0) is 19.7. The van der Waals surface area contributed by atoms with Crippen molar-refractivity contribution in [2.24, 2.45) is 0 Å². The number of nitrogens with one attached hydrogen (secondary N) is 1. The van der Waals surface area contributed by atoms with E-state index in [9.17, 15) is 14.4 Å². The Balaban J connectivity index is 1.38. The number of ether oxygens (including phenoxy) is 1. The Morgan fingerprint density at radius 2 is 1.75 bits per heavy atom. The molecule has 1 N–H and O–H groups in total. The van der Waals surface area contributed by atoms with Crippen molar-refractivity contribution in [2.45, 2.75) is 31.8 Å². The van der Waals surface area contributed by atoms with Crippen molar-refractivity contribution in [1.29, 1.82) is 0 Å². The zero-order valence-corrected chi connectivity index (χ0v) is 15.7. The first kappa shape index (κ1) is 18.2. The van der Waals surface area contributed by atoms with Gasteiger partial charge in [0.25, 0.3) is 0 Å². The SMILES string of the molecule is CC(=O)Nc1ccc(CC(=O)N2CCC3(CC2)OC(=O)c2ccccc23)cc1. The van der Waals surface area contributed by atoms with E-state index >= 15 is 0 Å². The monoisotopic (exact) mass is 378 g/mol. The number of rotatable bonds is 3. The van der Waals surface area contributed by atoms with Gasteiger partial charge in [0.1, 0.15) is 5.60 Å². The van der Waals surface area contributed by atoms with Crippen LogP contribution in [0.5, 0.6) is 0 Å². The molecule has 1 fully saturated rings. The van der Waals surface area contributed by atoms with E-state index in [2.05, 4.69) is 5.32 Å². The van der Waals surface area contributed by atoms with Crippen LogP contribution >= 0.6 is 0 Å². The molecule has 2 amide bonds. The van der Waals surface area contributed by atoms with Crippen molar-refractivity contribution in [3.63, 3.8) is 0 Å². The van der Waals surface area contributed by atoms with E-state index in [1.807, 2.05) is 35.2 Å². The smallest absolute Gasteiger partial charge is 0.339 e. The average molecular weight is 378 g/mol. The highest BCUT2D eigenvalue weighted by molar-refractivity contribution is 5.94.